The topological polar surface area (TPSA) is 79.5 Å². The number of aryl methyl sites for hydroxylation is 1. The number of rotatable bonds is 9. The first-order valence-electron chi connectivity index (χ1n) is 9.87. The predicted molar refractivity (Wildman–Crippen MR) is 119 cm³/mol. The fourth-order valence-corrected chi connectivity index (χ4v) is 3.25. The van der Waals surface area contributed by atoms with E-state index in [0.29, 0.717) is 6.54 Å². The summed E-state index contributed by atoms with van der Waals surface area (Å²) in [5.74, 6) is -0.537. The minimum atomic E-state index is -0.435. The van der Waals surface area contributed by atoms with Crippen LogP contribution in [0.15, 0.2) is 79.1 Å². The summed E-state index contributed by atoms with van der Waals surface area (Å²) in [5.41, 5.74) is 9.10. The van der Waals surface area contributed by atoms with Crippen molar-refractivity contribution in [1.29, 1.82) is 0 Å². The average molecular weight is 402 g/mol. The number of carbonyl (C=O) groups excluding carboxylic acids is 2. The zero-order valence-corrected chi connectivity index (χ0v) is 17.1. The van der Waals surface area contributed by atoms with Crippen LogP contribution < -0.4 is 15.5 Å². The Labute approximate surface area is 177 Å². The van der Waals surface area contributed by atoms with Crippen LogP contribution in [0.3, 0.4) is 0 Å². The van der Waals surface area contributed by atoms with Crippen molar-refractivity contribution in [2.75, 3.05) is 22.9 Å². The van der Waals surface area contributed by atoms with Crippen LogP contribution >= 0.6 is 0 Å². The van der Waals surface area contributed by atoms with E-state index in [1.807, 2.05) is 78.6 Å². The lowest BCUT2D eigenvalue weighted by atomic mass is 10.2. The van der Waals surface area contributed by atoms with Gasteiger partial charge in [-0.05, 0) is 48.4 Å². The van der Waals surface area contributed by atoms with E-state index in [0.717, 1.165) is 22.5 Å². The van der Waals surface area contributed by atoms with E-state index in [9.17, 15) is 9.59 Å². The molecule has 3 aromatic rings. The van der Waals surface area contributed by atoms with Crippen molar-refractivity contribution in [2.24, 2.45) is 5.73 Å². The molecule has 0 aliphatic rings. The second-order valence-corrected chi connectivity index (χ2v) is 7.15. The number of hydrogen-bond acceptors (Lipinski definition) is 4. The second-order valence-electron chi connectivity index (χ2n) is 7.15. The van der Waals surface area contributed by atoms with E-state index in [-0.39, 0.29) is 25.4 Å². The van der Waals surface area contributed by atoms with Gasteiger partial charge in [-0.3, -0.25) is 14.6 Å². The number of nitrogens with zero attached hydrogens (tertiary/aromatic N) is 3. The highest BCUT2D eigenvalue weighted by molar-refractivity contribution is 5.97. The molecule has 0 aliphatic heterocycles. The Bertz CT molecular complexity index is 977. The molecule has 0 saturated carbocycles. The third kappa shape index (κ3) is 5.91. The largest absolute Gasteiger partial charge is 0.370 e. The van der Waals surface area contributed by atoms with Gasteiger partial charge in [0.1, 0.15) is 0 Å². The van der Waals surface area contributed by atoms with Crippen molar-refractivity contribution in [2.45, 2.75) is 19.9 Å². The van der Waals surface area contributed by atoms with Crippen molar-refractivity contribution < 1.29 is 9.59 Å². The van der Waals surface area contributed by atoms with Gasteiger partial charge < -0.3 is 15.5 Å². The number of para-hydroxylation sites is 1. The third-order valence-corrected chi connectivity index (χ3v) is 4.74. The molecule has 0 unspecified atom stereocenters. The van der Waals surface area contributed by atoms with Gasteiger partial charge in [0.15, 0.2) is 0 Å². The van der Waals surface area contributed by atoms with Crippen LogP contribution in [0.5, 0.6) is 0 Å². The van der Waals surface area contributed by atoms with Crippen LogP contribution in [0.4, 0.5) is 11.4 Å². The molecular formula is C24H26N4O2. The highest BCUT2D eigenvalue weighted by Gasteiger charge is 2.20. The van der Waals surface area contributed by atoms with Crippen molar-refractivity contribution >= 4 is 23.2 Å². The molecule has 2 amide bonds. The maximum atomic E-state index is 13.4. The summed E-state index contributed by atoms with van der Waals surface area (Å²) >= 11 is 0. The first kappa shape index (κ1) is 21.0. The molecular weight excluding hydrogens is 376 g/mol. The molecule has 6 nitrogen and oxygen atoms in total. The number of aromatic nitrogens is 1. The quantitative estimate of drug-likeness (QED) is 0.596. The van der Waals surface area contributed by atoms with E-state index in [2.05, 4.69) is 4.98 Å². The van der Waals surface area contributed by atoms with Crippen LogP contribution in [-0.4, -0.2) is 29.9 Å². The number of benzene rings is 2. The highest BCUT2D eigenvalue weighted by atomic mass is 16.2. The van der Waals surface area contributed by atoms with Gasteiger partial charge in [0.25, 0.3) is 0 Å². The lowest BCUT2D eigenvalue weighted by Crippen LogP contribution is -2.42. The zero-order valence-electron chi connectivity index (χ0n) is 17.1. The molecule has 2 N–H and O–H groups in total. The summed E-state index contributed by atoms with van der Waals surface area (Å²) in [7, 11) is 0. The van der Waals surface area contributed by atoms with Gasteiger partial charge >= 0.3 is 0 Å². The van der Waals surface area contributed by atoms with Crippen molar-refractivity contribution in [3.05, 3.63) is 90.3 Å². The van der Waals surface area contributed by atoms with Crippen LogP contribution in [-0.2, 0) is 16.1 Å². The predicted octanol–water partition coefficient (Wildman–Crippen LogP) is 3.31. The summed E-state index contributed by atoms with van der Waals surface area (Å²) in [5, 5.41) is 0. The van der Waals surface area contributed by atoms with Crippen molar-refractivity contribution in [3.63, 3.8) is 0 Å². The Hall–Kier alpha value is -3.67. The summed E-state index contributed by atoms with van der Waals surface area (Å²) in [4.78, 5) is 32.6. The van der Waals surface area contributed by atoms with Gasteiger partial charge in [0, 0.05) is 43.3 Å². The van der Waals surface area contributed by atoms with Gasteiger partial charge in [-0.2, -0.15) is 0 Å². The molecule has 6 heteroatoms. The van der Waals surface area contributed by atoms with Crippen molar-refractivity contribution in [3.8, 4) is 0 Å². The number of carbonyl (C=O) groups is 2. The number of amides is 2. The maximum Gasteiger partial charge on any atom is 0.246 e. The molecule has 0 atom stereocenters. The molecule has 3 rings (SSSR count). The summed E-state index contributed by atoms with van der Waals surface area (Å²) in [6.07, 6.45) is 3.63. The average Bonchev–Trinajstić information content (AvgIpc) is 2.75. The monoisotopic (exact) mass is 402 g/mol. The smallest absolute Gasteiger partial charge is 0.246 e. The van der Waals surface area contributed by atoms with Crippen LogP contribution in [0.2, 0.25) is 0 Å². The first-order chi connectivity index (χ1) is 14.5. The molecule has 1 aromatic heterocycles. The Kier molecular flexibility index (Phi) is 7.16. The van der Waals surface area contributed by atoms with E-state index in [4.69, 9.17) is 5.73 Å². The molecule has 0 saturated heterocycles. The summed E-state index contributed by atoms with van der Waals surface area (Å²) in [6.45, 7) is 2.92. The fraction of sp³-hybridized carbons (Fsp3) is 0.208. The Morgan fingerprint density at radius 3 is 2.40 bits per heavy atom. The lowest BCUT2D eigenvalue weighted by Gasteiger charge is -2.29. The van der Waals surface area contributed by atoms with Crippen LogP contribution in [0.25, 0.3) is 0 Å². The number of hydrogen-bond donors (Lipinski definition) is 1. The molecule has 30 heavy (non-hydrogen) atoms. The normalized spacial score (nSPS) is 10.4. The minimum Gasteiger partial charge on any atom is -0.370 e. The zero-order chi connectivity index (χ0) is 21.3. The highest BCUT2D eigenvalue weighted by Crippen LogP contribution is 2.20. The maximum absolute atomic E-state index is 13.4. The number of pyridine rings is 1. The van der Waals surface area contributed by atoms with Gasteiger partial charge in [-0.15, -0.1) is 0 Å². The summed E-state index contributed by atoms with van der Waals surface area (Å²) in [6, 6.07) is 21.3. The third-order valence-electron chi connectivity index (χ3n) is 4.74. The first-order valence-corrected chi connectivity index (χ1v) is 9.87. The molecule has 2 aromatic carbocycles. The molecule has 0 radical (unpaired) electrons. The van der Waals surface area contributed by atoms with Gasteiger partial charge in [-0.25, -0.2) is 0 Å². The van der Waals surface area contributed by atoms with Gasteiger partial charge in [-0.1, -0.05) is 36.4 Å². The van der Waals surface area contributed by atoms with Gasteiger partial charge in [0.2, 0.25) is 11.8 Å². The van der Waals surface area contributed by atoms with E-state index >= 15 is 0 Å². The van der Waals surface area contributed by atoms with Crippen LogP contribution in [0.1, 0.15) is 17.5 Å². The molecule has 0 spiro atoms. The molecule has 0 fully saturated rings. The fourth-order valence-electron chi connectivity index (χ4n) is 3.25. The van der Waals surface area contributed by atoms with Crippen molar-refractivity contribution in [1.82, 2.24) is 4.98 Å². The molecule has 154 valence electrons. The van der Waals surface area contributed by atoms with E-state index in [1.54, 1.807) is 17.3 Å². The number of nitrogens with two attached hydrogens (primary N) is 1. The lowest BCUT2D eigenvalue weighted by molar-refractivity contribution is -0.118. The number of primary amides is 1. The SMILES string of the molecule is Cc1cccc(N(CCC(N)=O)C(=O)CN(Cc2cccnc2)c2ccccc2)c1. The van der Waals surface area contributed by atoms with E-state index < -0.39 is 5.91 Å². The Morgan fingerprint density at radius 2 is 1.73 bits per heavy atom. The molecule has 1 heterocycles. The van der Waals surface area contributed by atoms with E-state index in [1.165, 1.54) is 0 Å². The second kappa shape index (κ2) is 10.2. The summed E-state index contributed by atoms with van der Waals surface area (Å²) < 4.78 is 0. The Morgan fingerprint density at radius 1 is 0.967 bits per heavy atom. The van der Waals surface area contributed by atoms with Crippen LogP contribution in [0, 0.1) is 6.92 Å². The minimum absolute atomic E-state index is 0.102. The number of anilines is 2. The Balaban J connectivity index is 1.86. The molecule has 0 bridgehead atoms. The van der Waals surface area contributed by atoms with Gasteiger partial charge in [0.05, 0.1) is 6.54 Å². The standard InChI is InChI=1S/C24H26N4O2/c1-19-7-5-11-22(15-19)28(14-12-23(25)29)24(30)18-27(21-9-3-2-4-10-21)17-20-8-6-13-26-16-20/h2-11,13,15-16H,12,14,17-18H2,1H3,(H2,25,29). The molecule has 0 aliphatic carbocycles.